The third-order valence-corrected chi connectivity index (χ3v) is 3.24. The topological polar surface area (TPSA) is 48.6 Å². The molecule has 1 heterocycles. The Morgan fingerprint density at radius 3 is 2.43 bits per heavy atom. The van der Waals surface area contributed by atoms with Gasteiger partial charge in [0.15, 0.2) is 0 Å². The number of benzene rings is 1. The molecule has 0 spiro atoms. The fourth-order valence-electron chi connectivity index (χ4n) is 1.38. The van der Waals surface area contributed by atoms with Crippen LogP contribution in [0.1, 0.15) is 17.3 Å². The summed E-state index contributed by atoms with van der Waals surface area (Å²) in [6.45, 7) is 2.04. The van der Waals surface area contributed by atoms with Gasteiger partial charge in [-0.2, -0.15) is 0 Å². The first-order valence-corrected chi connectivity index (χ1v) is 5.84. The van der Waals surface area contributed by atoms with Gasteiger partial charge in [-0.3, -0.25) is 0 Å². The molecule has 0 amide bonds. The molecule has 1 atom stereocenters. The fraction of sp³-hybridized carbons (Fsp3) is 0.222. The largest absolute Gasteiger partial charge is 0.323 e. The predicted molar refractivity (Wildman–Crippen MR) is 64.0 cm³/mol. The van der Waals surface area contributed by atoms with E-state index in [9.17, 15) is 4.79 Å². The van der Waals surface area contributed by atoms with Gasteiger partial charge < -0.3 is 9.97 Å². The predicted octanol–water partition coefficient (Wildman–Crippen LogP) is 3.07. The van der Waals surface area contributed by atoms with Crippen LogP contribution in [0.4, 0.5) is 0 Å². The second-order valence-corrected chi connectivity index (χ2v) is 5.34. The lowest BCUT2D eigenvalue weighted by Gasteiger charge is -2.06. The molecule has 0 aliphatic rings. The highest BCUT2D eigenvalue weighted by molar-refractivity contribution is 9.11. The van der Waals surface area contributed by atoms with Crippen LogP contribution < -0.4 is 5.69 Å². The molecule has 5 heteroatoms. The molecule has 74 valence electrons. The lowest BCUT2D eigenvalue weighted by Crippen LogP contribution is -1.99. The Bertz CT molecular complexity index is 527. The van der Waals surface area contributed by atoms with Crippen molar-refractivity contribution >= 4 is 42.9 Å². The zero-order valence-corrected chi connectivity index (χ0v) is 10.6. The maximum atomic E-state index is 11.0. The van der Waals surface area contributed by atoms with E-state index in [2.05, 4.69) is 41.8 Å². The second-order valence-electron chi connectivity index (χ2n) is 3.11. The van der Waals surface area contributed by atoms with Crippen molar-refractivity contribution in [3.8, 4) is 0 Å². The molecule has 0 saturated heterocycles. The third kappa shape index (κ3) is 1.66. The van der Waals surface area contributed by atoms with Crippen molar-refractivity contribution in [2.24, 2.45) is 0 Å². The highest BCUT2D eigenvalue weighted by Gasteiger charge is 2.08. The summed E-state index contributed by atoms with van der Waals surface area (Å²) in [6, 6.07) is 3.86. The first kappa shape index (κ1) is 9.98. The Hall–Kier alpha value is -0.550. The standard InChI is InChI=1S/C9H8Br2N2O/c1-4(10)5-2-7-8(3-6(5)11)13-9(14)12-7/h2-4H,1H3,(H2,12,13,14). The van der Waals surface area contributed by atoms with Gasteiger partial charge >= 0.3 is 5.69 Å². The number of fused-ring (bicyclic) bond motifs is 1. The van der Waals surface area contributed by atoms with Gasteiger partial charge in [0.25, 0.3) is 0 Å². The molecule has 0 aliphatic carbocycles. The van der Waals surface area contributed by atoms with Gasteiger partial charge in [0.2, 0.25) is 0 Å². The van der Waals surface area contributed by atoms with E-state index >= 15 is 0 Å². The Labute approximate surface area is 97.2 Å². The van der Waals surface area contributed by atoms with Crippen molar-refractivity contribution < 1.29 is 0 Å². The van der Waals surface area contributed by atoms with Gasteiger partial charge in [-0.15, -0.1) is 0 Å². The normalized spacial score (nSPS) is 13.4. The quantitative estimate of drug-likeness (QED) is 0.780. The minimum absolute atomic E-state index is 0.175. The van der Waals surface area contributed by atoms with Crippen molar-refractivity contribution in [3.05, 3.63) is 32.7 Å². The number of halogens is 2. The van der Waals surface area contributed by atoms with E-state index in [1.54, 1.807) is 0 Å². The summed E-state index contributed by atoms with van der Waals surface area (Å²) < 4.78 is 0.990. The Morgan fingerprint density at radius 2 is 1.86 bits per heavy atom. The van der Waals surface area contributed by atoms with Crippen LogP contribution in [-0.4, -0.2) is 9.97 Å². The number of hydrogen-bond acceptors (Lipinski definition) is 1. The van der Waals surface area contributed by atoms with Crippen molar-refractivity contribution in [3.63, 3.8) is 0 Å². The zero-order valence-electron chi connectivity index (χ0n) is 7.40. The van der Waals surface area contributed by atoms with Crippen LogP contribution in [0.2, 0.25) is 0 Å². The van der Waals surface area contributed by atoms with Crippen LogP contribution in [0.25, 0.3) is 11.0 Å². The van der Waals surface area contributed by atoms with Crippen LogP contribution in [0.15, 0.2) is 21.4 Å². The van der Waals surface area contributed by atoms with Crippen LogP contribution in [0.3, 0.4) is 0 Å². The molecule has 0 saturated carbocycles. The number of nitrogens with one attached hydrogen (secondary N) is 2. The van der Waals surface area contributed by atoms with Crippen LogP contribution in [0, 0.1) is 0 Å². The molecule has 1 aromatic carbocycles. The number of alkyl halides is 1. The molecule has 0 aliphatic heterocycles. The molecule has 2 N–H and O–H groups in total. The fourth-order valence-corrected chi connectivity index (χ4v) is 2.75. The SMILES string of the molecule is CC(Br)c1cc2[nH]c(=O)[nH]c2cc1Br. The van der Waals surface area contributed by atoms with E-state index in [1.165, 1.54) is 0 Å². The van der Waals surface area contributed by atoms with Gasteiger partial charge in [-0.05, 0) is 24.6 Å². The number of imidazole rings is 1. The Kier molecular flexibility index (Phi) is 2.53. The van der Waals surface area contributed by atoms with Gasteiger partial charge in [-0.1, -0.05) is 31.9 Å². The molecule has 0 radical (unpaired) electrons. The maximum Gasteiger partial charge on any atom is 0.323 e. The molecule has 0 bridgehead atoms. The van der Waals surface area contributed by atoms with E-state index in [-0.39, 0.29) is 10.5 Å². The van der Waals surface area contributed by atoms with Crippen molar-refractivity contribution in [1.82, 2.24) is 9.97 Å². The van der Waals surface area contributed by atoms with E-state index in [1.807, 2.05) is 19.1 Å². The summed E-state index contributed by atoms with van der Waals surface area (Å²) in [7, 11) is 0. The van der Waals surface area contributed by atoms with E-state index < -0.39 is 0 Å². The third-order valence-electron chi connectivity index (χ3n) is 2.06. The molecule has 1 aromatic heterocycles. The lowest BCUT2D eigenvalue weighted by atomic mass is 10.1. The highest BCUT2D eigenvalue weighted by Crippen LogP contribution is 2.31. The summed E-state index contributed by atoms with van der Waals surface area (Å²) in [6.07, 6.45) is 0. The average molecular weight is 320 g/mol. The summed E-state index contributed by atoms with van der Waals surface area (Å²) >= 11 is 6.95. The molecule has 2 rings (SSSR count). The van der Waals surface area contributed by atoms with Gasteiger partial charge in [0.05, 0.1) is 11.0 Å². The Morgan fingerprint density at radius 1 is 1.29 bits per heavy atom. The summed E-state index contributed by atoms with van der Waals surface area (Å²) in [5.74, 6) is 0. The van der Waals surface area contributed by atoms with Gasteiger partial charge in [-0.25, -0.2) is 4.79 Å². The smallest absolute Gasteiger partial charge is 0.306 e. The first-order valence-electron chi connectivity index (χ1n) is 4.13. The molecule has 14 heavy (non-hydrogen) atoms. The van der Waals surface area contributed by atoms with Crippen LogP contribution >= 0.6 is 31.9 Å². The number of rotatable bonds is 1. The summed E-state index contributed by atoms with van der Waals surface area (Å²) in [5.41, 5.74) is 2.59. The monoisotopic (exact) mass is 318 g/mol. The van der Waals surface area contributed by atoms with E-state index in [4.69, 9.17) is 0 Å². The average Bonchev–Trinajstić information content (AvgIpc) is 2.42. The number of aromatic amines is 2. The summed E-state index contributed by atoms with van der Waals surface area (Å²) in [5, 5.41) is 0. The van der Waals surface area contributed by atoms with Crippen LogP contribution in [-0.2, 0) is 0 Å². The van der Waals surface area contributed by atoms with E-state index in [0.29, 0.717) is 0 Å². The molecule has 0 fully saturated rings. The minimum atomic E-state index is -0.175. The molecular weight excluding hydrogens is 312 g/mol. The number of aromatic nitrogens is 2. The van der Waals surface area contributed by atoms with Crippen molar-refractivity contribution in [1.29, 1.82) is 0 Å². The van der Waals surface area contributed by atoms with Crippen molar-refractivity contribution in [2.75, 3.05) is 0 Å². The van der Waals surface area contributed by atoms with Crippen LogP contribution in [0.5, 0.6) is 0 Å². The molecule has 1 unspecified atom stereocenters. The molecular formula is C9H8Br2N2O. The number of hydrogen-bond donors (Lipinski definition) is 2. The lowest BCUT2D eigenvalue weighted by molar-refractivity contribution is 1.12. The molecule has 3 nitrogen and oxygen atoms in total. The minimum Gasteiger partial charge on any atom is -0.306 e. The molecule has 2 aromatic rings. The summed E-state index contributed by atoms with van der Waals surface area (Å²) in [4.78, 5) is 16.7. The van der Waals surface area contributed by atoms with Gasteiger partial charge in [0, 0.05) is 9.30 Å². The Balaban J connectivity index is 2.76. The zero-order chi connectivity index (χ0) is 10.3. The first-order chi connectivity index (χ1) is 6.58. The van der Waals surface area contributed by atoms with E-state index in [0.717, 1.165) is 21.1 Å². The van der Waals surface area contributed by atoms with Crippen molar-refractivity contribution in [2.45, 2.75) is 11.8 Å². The number of H-pyrrole nitrogens is 2. The second kappa shape index (κ2) is 3.55. The highest BCUT2D eigenvalue weighted by atomic mass is 79.9. The maximum absolute atomic E-state index is 11.0. The van der Waals surface area contributed by atoms with Gasteiger partial charge in [0.1, 0.15) is 0 Å².